The quantitative estimate of drug-likeness (QED) is 0.727. The SMILES string of the molecule is CCOC(=O)[C@]1(CCOC)CC[C@H](O)CC1. The average molecular weight is 230 g/mol. The molecule has 0 aromatic carbocycles. The van der Waals surface area contributed by atoms with Gasteiger partial charge in [0.25, 0.3) is 0 Å². The molecular weight excluding hydrogens is 208 g/mol. The van der Waals surface area contributed by atoms with Crippen LogP contribution in [0.2, 0.25) is 0 Å². The molecule has 1 saturated carbocycles. The van der Waals surface area contributed by atoms with Gasteiger partial charge in [-0.3, -0.25) is 4.79 Å². The summed E-state index contributed by atoms with van der Waals surface area (Å²) in [5.74, 6) is -0.126. The highest BCUT2D eigenvalue weighted by Gasteiger charge is 2.42. The lowest BCUT2D eigenvalue weighted by Gasteiger charge is -2.36. The van der Waals surface area contributed by atoms with Gasteiger partial charge in [0.15, 0.2) is 0 Å². The van der Waals surface area contributed by atoms with E-state index in [4.69, 9.17) is 9.47 Å². The van der Waals surface area contributed by atoms with Crippen molar-refractivity contribution in [3.8, 4) is 0 Å². The molecule has 1 aliphatic carbocycles. The number of hydrogen-bond acceptors (Lipinski definition) is 4. The first-order valence-electron chi connectivity index (χ1n) is 5.99. The third kappa shape index (κ3) is 3.19. The maximum absolute atomic E-state index is 12.0. The Hall–Kier alpha value is -0.610. The third-order valence-electron chi connectivity index (χ3n) is 3.41. The van der Waals surface area contributed by atoms with Crippen LogP contribution in [-0.2, 0) is 14.3 Å². The first-order valence-corrected chi connectivity index (χ1v) is 5.99. The molecule has 94 valence electrons. The van der Waals surface area contributed by atoms with Gasteiger partial charge < -0.3 is 14.6 Å². The maximum atomic E-state index is 12.0. The van der Waals surface area contributed by atoms with Crippen molar-refractivity contribution in [3.63, 3.8) is 0 Å². The summed E-state index contributed by atoms with van der Waals surface area (Å²) in [5.41, 5.74) is -0.425. The molecule has 1 N–H and O–H groups in total. The van der Waals surface area contributed by atoms with E-state index in [1.165, 1.54) is 0 Å². The van der Waals surface area contributed by atoms with Crippen molar-refractivity contribution in [3.05, 3.63) is 0 Å². The van der Waals surface area contributed by atoms with Crippen molar-refractivity contribution in [2.24, 2.45) is 5.41 Å². The van der Waals surface area contributed by atoms with Gasteiger partial charge >= 0.3 is 5.97 Å². The Morgan fingerprint density at radius 3 is 2.56 bits per heavy atom. The maximum Gasteiger partial charge on any atom is 0.312 e. The molecule has 0 amide bonds. The molecule has 0 heterocycles. The minimum absolute atomic E-state index is 0.126. The number of carbonyl (C=O) groups excluding carboxylic acids is 1. The minimum atomic E-state index is -0.425. The van der Waals surface area contributed by atoms with Crippen molar-refractivity contribution in [1.29, 1.82) is 0 Å². The predicted octanol–water partition coefficient (Wildman–Crippen LogP) is 1.51. The Morgan fingerprint density at radius 2 is 2.06 bits per heavy atom. The van der Waals surface area contributed by atoms with Crippen LogP contribution in [0.3, 0.4) is 0 Å². The molecule has 1 fully saturated rings. The second-order valence-electron chi connectivity index (χ2n) is 4.47. The lowest BCUT2D eigenvalue weighted by Crippen LogP contribution is -2.39. The molecule has 0 aromatic heterocycles. The van der Waals surface area contributed by atoms with Crippen LogP contribution >= 0.6 is 0 Å². The summed E-state index contributed by atoms with van der Waals surface area (Å²) in [7, 11) is 1.64. The molecule has 0 spiro atoms. The molecule has 4 nitrogen and oxygen atoms in total. The number of hydrogen-bond donors (Lipinski definition) is 1. The van der Waals surface area contributed by atoms with E-state index in [0.29, 0.717) is 45.3 Å². The Balaban J connectivity index is 2.64. The summed E-state index contributed by atoms with van der Waals surface area (Å²) in [6.07, 6.45) is 3.21. The number of rotatable bonds is 5. The minimum Gasteiger partial charge on any atom is -0.466 e. The van der Waals surface area contributed by atoms with Crippen molar-refractivity contribution in [2.45, 2.75) is 45.1 Å². The summed E-state index contributed by atoms with van der Waals surface area (Å²) in [6, 6.07) is 0. The van der Waals surface area contributed by atoms with Crippen LogP contribution in [0.25, 0.3) is 0 Å². The number of esters is 1. The zero-order valence-electron chi connectivity index (χ0n) is 10.2. The van der Waals surface area contributed by atoms with Gasteiger partial charge in [0, 0.05) is 13.7 Å². The van der Waals surface area contributed by atoms with Crippen LogP contribution in [0.1, 0.15) is 39.0 Å². The van der Waals surface area contributed by atoms with Gasteiger partial charge in [-0.1, -0.05) is 0 Å². The van der Waals surface area contributed by atoms with E-state index in [2.05, 4.69) is 0 Å². The Bertz CT molecular complexity index is 214. The standard InChI is InChI=1S/C12H22O4/c1-3-16-11(14)12(8-9-15-2)6-4-10(13)5-7-12/h10,13H,3-9H2,1-2H3/t10-,12+. The topological polar surface area (TPSA) is 55.8 Å². The number of aliphatic hydroxyl groups is 1. The van der Waals surface area contributed by atoms with Gasteiger partial charge in [0.05, 0.1) is 18.1 Å². The van der Waals surface area contributed by atoms with Crippen LogP contribution < -0.4 is 0 Å². The normalized spacial score (nSPS) is 30.1. The van der Waals surface area contributed by atoms with Gasteiger partial charge in [0.2, 0.25) is 0 Å². The summed E-state index contributed by atoms with van der Waals surface area (Å²) in [4.78, 5) is 12.0. The second-order valence-corrected chi connectivity index (χ2v) is 4.47. The largest absolute Gasteiger partial charge is 0.466 e. The first-order chi connectivity index (χ1) is 7.64. The number of carbonyl (C=O) groups is 1. The molecule has 1 aliphatic rings. The molecule has 4 heteroatoms. The molecule has 0 unspecified atom stereocenters. The van der Waals surface area contributed by atoms with Gasteiger partial charge in [-0.2, -0.15) is 0 Å². The van der Waals surface area contributed by atoms with Crippen LogP contribution in [0.15, 0.2) is 0 Å². The summed E-state index contributed by atoms with van der Waals surface area (Å²) < 4.78 is 10.2. The number of aliphatic hydroxyl groups excluding tert-OH is 1. The van der Waals surface area contributed by atoms with E-state index in [1.807, 2.05) is 6.92 Å². The summed E-state index contributed by atoms with van der Waals surface area (Å²) in [5, 5.41) is 9.50. The van der Waals surface area contributed by atoms with Crippen molar-refractivity contribution in [2.75, 3.05) is 20.3 Å². The predicted molar refractivity (Wildman–Crippen MR) is 60.0 cm³/mol. The monoisotopic (exact) mass is 230 g/mol. The first kappa shape index (κ1) is 13.5. The Labute approximate surface area is 96.9 Å². The molecule has 0 aromatic rings. The van der Waals surface area contributed by atoms with E-state index < -0.39 is 5.41 Å². The second kappa shape index (κ2) is 6.21. The fourth-order valence-corrected chi connectivity index (χ4v) is 2.29. The Kier molecular flexibility index (Phi) is 5.22. The molecule has 0 atom stereocenters. The molecule has 0 aliphatic heterocycles. The fraction of sp³-hybridized carbons (Fsp3) is 0.917. The molecule has 0 bridgehead atoms. The summed E-state index contributed by atoms with van der Waals surface area (Å²) in [6.45, 7) is 2.80. The highest BCUT2D eigenvalue weighted by atomic mass is 16.5. The molecular formula is C12H22O4. The summed E-state index contributed by atoms with van der Waals surface area (Å²) >= 11 is 0. The lowest BCUT2D eigenvalue weighted by atomic mass is 9.71. The van der Waals surface area contributed by atoms with Gasteiger partial charge in [-0.15, -0.1) is 0 Å². The van der Waals surface area contributed by atoms with Crippen LogP contribution in [-0.4, -0.2) is 37.5 Å². The third-order valence-corrected chi connectivity index (χ3v) is 3.41. The smallest absolute Gasteiger partial charge is 0.312 e. The van der Waals surface area contributed by atoms with Crippen molar-refractivity contribution < 1.29 is 19.4 Å². The highest BCUT2D eigenvalue weighted by molar-refractivity contribution is 5.77. The fourth-order valence-electron chi connectivity index (χ4n) is 2.29. The molecule has 0 radical (unpaired) electrons. The Morgan fingerprint density at radius 1 is 1.44 bits per heavy atom. The molecule has 0 saturated heterocycles. The zero-order valence-corrected chi connectivity index (χ0v) is 10.2. The number of ether oxygens (including phenoxy) is 2. The zero-order chi connectivity index (χ0) is 12.0. The van der Waals surface area contributed by atoms with E-state index >= 15 is 0 Å². The number of methoxy groups -OCH3 is 1. The lowest BCUT2D eigenvalue weighted by molar-refractivity contribution is -0.160. The van der Waals surface area contributed by atoms with Gasteiger partial charge in [-0.25, -0.2) is 0 Å². The molecule has 1 rings (SSSR count). The van der Waals surface area contributed by atoms with E-state index in [-0.39, 0.29) is 12.1 Å². The van der Waals surface area contributed by atoms with E-state index in [1.54, 1.807) is 7.11 Å². The van der Waals surface area contributed by atoms with E-state index in [9.17, 15) is 9.90 Å². The van der Waals surface area contributed by atoms with E-state index in [0.717, 1.165) is 0 Å². The molecule has 16 heavy (non-hydrogen) atoms. The highest BCUT2D eigenvalue weighted by Crippen LogP contribution is 2.40. The van der Waals surface area contributed by atoms with Gasteiger partial charge in [-0.05, 0) is 39.0 Å². The van der Waals surface area contributed by atoms with Crippen molar-refractivity contribution >= 4 is 5.97 Å². The van der Waals surface area contributed by atoms with Crippen LogP contribution in [0.5, 0.6) is 0 Å². The van der Waals surface area contributed by atoms with Crippen molar-refractivity contribution in [1.82, 2.24) is 0 Å². The van der Waals surface area contributed by atoms with Gasteiger partial charge in [0.1, 0.15) is 0 Å². The van der Waals surface area contributed by atoms with Crippen LogP contribution in [0, 0.1) is 5.41 Å². The average Bonchev–Trinajstić information content (AvgIpc) is 2.29. The van der Waals surface area contributed by atoms with Crippen LogP contribution in [0.4, 0.5) is 0 Å².